The van der Waals surface area contributed by atoms with Crippen LogP contribution in [0, 0.1) is 5.92 Å². The summed E-state index contributed by atoms with van der Waals surface area (Å²) in [4.78, 5) is 11.3. The Balaban J connectivity index is 2.11. The van der Waals surface area contributed by atoms with Crippen LogP contribution < -0.4 is 10.2 Å². The number of nitrogens with zero attached hydrogens (tertiary/aromatic N) is 3. The third kappa shape index (κ3) is 3.59. The zero-order valence-corrected chi connectivity index (χ0v) is 11.9. The Kier molecular flexibility index (Phi) is 3.73. The minimum absolute atomic E-state index is 0.00614. The second-order valence-electron chi connectivity index (χ2n) is 6.31. The molecule has 0 bridgehead atoms. The van der Waals surface area contributed by atoms with Gasteiger partial charge in [0.25, 0.3) is 0 Å². The van der Waals surface area contributed by atoms with Crippen LogP contribution in [-0.4, -0.2) is 28.6 Å². The van der Waals surface area contributed by atoms with E-state index < -0.39 is 0 Å². The van der Waals surface area contributed by atoms with Crippen LogP contribution in [0.25, 0.3) is 0 Å². The van der Waals surface area contributed by atoms with E-state index in [1.807, 2.05) is 12.3 Å². The average Bonchev–Trinajstić information content (AvgIpc) is 2.27. The largest absolute Gasteiger partial charge is 0.356 e. The molecule has 0 amide bonds. The van der Waals surface area contributed by atoms with E-state index in [2.05, 4.69) is 47.9 Å². The minimum atomic E-state index is -0.00614. The number of hydrogen-bond acceptors (Lipinski definition) is 4. The standard InChI is InChI=1S/C14H24N4/c1-11-6-5-9-18(10-11)12-7-8-15-13(16-12)17-14(2,3)4/h7-8,11H,5-6,9-10H2,1-4H3,(H,15,16,17). The number of aromatic nitrogens is 2. The van der Waals surface area contributed by atoms with Crippen molar-refractivity contribution in [1.29, 1.82) is 0 Å². The van der Waals surface area contributed by atoms with E-state index in [0.29, 0.717) is 0 Å². The molecule has 1 aliphatic heterocycles. The molecule has 0 spiro atoms. The highest BCUT2D eigenvalue weighted by Gasteiger charge is 2.18. The van der Waals surface area contributed by atoms with Gasteiger partial charge < -0.3 is 10.2 Å². The van der Waals surface area contributed by atoms with E-state index in [1.54, 1.807) is 0 Å². The van der Waals surface area contributed by atoms with Crippen molar-refractivity contribution in [2.45, 2.75) is 46.1 Å². The molecule has 2 heterocycles. The molecule has 1 aliphatic rings. The highest BCUT2D eigenvalue weighted by atomic mass is 15.2. The van der Waals surface area contributed by atoms with Crippen LogP contribution in [0.3, 0.4) is 0 Å². The molecule has 1 fully saturated rings. The molecule has 0 aliphatic carbocycles. The first-order valence-corrected chi connectivity index (χ1v) is 6.80. The van der Waals surface area contributed by atoms with Gasteiger partial charge in [0.1, 0.15) is 5.82 Å². The number of anilines is 2. The number of rotatable bonds is 2. The first kappa shape index (κ1) is 13.1. The first-order chi connectivity index (χ1) is 8.44. The zero-order valence-electron chi connectivity index (χ0n) is 11.9. The quantitative estimate of drug-likeness (QED) is 0.873. The maximum Gasteiger partial charge on any atom is 0.225 e. The Morgan fingerprint density at radius 1 is 1.39 bits per heavy atom. The van der Waals surface area contributed by atoms with Crippen molar-refractivity contribution in [2.75, 3.05) is 23.3 Å². The van der Waals surface area contributed by atoms with Gasteiger partial charge in [0.15, 0.2) is 0 Å². The summed E-state index contributed by atoms with van der Waals surface area (Å²) in [6.07, 6.45) is 4.43. The molecule has 1 unspecified atom stereocenters. The van der Waals surface area contributed by atoms with E-state index in [0.717, 1.165) is 30.8 Å². The van der Waals surface area contributed by atoms with Gasteiger partial charge in [-0.15, -0.1) is 0 Å². The summed E-state index contributed by atoms with van der Waals surface area (Å²) >= 11 is 0. The normalized spacial score (nSPS) is 20.9. The summed E-state index contributed by atoms with van der Waals surface area (Å²) in [5.41, 5.74) is -0.00614. The highest BCUT2D eigenvalue weighted by Crippen LogP contribution is 2.22. The van der Waals surface area contributed by atoms with Gasteiger partial charge in [-0.3, -0.25) is 0 Å². The van der Waals surface area contributed by atoms with Gasteiger partial charge in [-0.1, -0.05) is 6.92 Å². The summed E-state index contributed by atoms with van der Waals surface area (Å²) in [6.45, 7) is 10.9. The van der Waals surface area contributed by atoms with Crippen LogP contribution in [0.4, 0.5) is 11.8 Å². The Bertz CT molecular complexity index is 397. The molecule has 4 nitrogen and oxygen atoms in total. The van der Waals surface area contributed by atoms with Crippen LogP contribution in [0.2, 0.25) is 0 Å². The van der Waals surface area contributed by atoms with Crippen molar-refractivity contribution in [3.05, 3.63) is 12.3 Å². The van der Waals surface area contributed by atoms with Crippen LogP contribution in [0.5, 0.6) is 0 Å². The second-order valence-corrected chi connectivity index (χ2v) is 6.31. The zero-order chi connectivity index (χ0) is 13.2. The summed E-state index contributed by atoms with van der Waals surface area (Å²) in [7, 11) is 0. The molecule has 0 radical (unpaired) electrons. The molecule has 18 heavy (non-hydrogen) atoms. The first-order valence-electron chi connectivity index (χ1n) is 6.80. The second kappa shape index (κ2) is 5.12. The van der Waals surface area contributed by atoms with Crippen molar-refractivity contribution in [1.82, 2.24) is 9.97 Å². The molecule has 100 valence electrons. The molecular formula is C14H24N4. The van der Waals surface area contributed by atoms with Gasteiger partial charge in [-0.25, -0.2) is 4.98 Å². The van der Waals surface area contributed by atoms with Crippen LogP contribution >= 0.6 is 0 Å². The van der Waals surface area contributed by atoms with E-state index >= 15 is 0 Å². The molecule has 2 rings (SSSR count). The van der Waals surface area contributed by atoms with Crippen molar-refractivity contribution < 1.29 is 0 Å². The third-order valence-corrected chi connectivity index (χ3v) is 3.11. The van der Waals surface area contributed by atoms with Crippen molar-refractivity contribution in [3.63, 3.8) is 0 Å². The lowest BCUT2D eigenvalue weighted by Gasteiger charge is -2.32. The molecule has 1 aromatic heterocycles. The molecule has 1 saturated heterocycles. The maximum absolute atomic E-state index is 4.62. The molecule has 1 atom stereocenters. The molecule has 0 aromatic carbocycles. The third-order valence-electron chi connectivity index (χ3n) is 3.11. The van der Waals surface area contributed by atoms with Crippen molar-refractivity contribution in [2.24, 2.45) is 5.92 Å². The molecule has 1 aromatic rings. The predicted molar refractivity (Wildman–Crippen MR) is 76.0 cm³/mol. The highest BCUT2D eigenvalue weighted by molar-refractivity contribution is 5.43. The van der Waals surface area contributed by atoms with E-state index in [9.17, 15) is 0 Å². The Morgan fingerprint density at radius 3 is 2.83 bits per heavy atom. The summed E-state index contributed by atoms with van der Waals surface area (Å²) in [5.74, 6) is 2.52. The van der Waals surface area contributed by atoms with Crippen molar-refractivity contribution >= 4 is 11.8 Å². The average molecular weight is 248 g/mol. The number of piperidine rings is 1. The minimum Gasteiger partial charge on any atom is -0.356 e. The van der Waals surface area contributed by atoms with E-state index in [1.165, 1.54) is 12.8 Å². The van der Waals surface area contributed by atoms with Gasteiger partial charge >= 0.3 is 0 Å². The fraction of sp³-hybridized carbons (Fsp3) is 0.714. The van der Waals surface area contributed by atoms with Gasteiger partial charge in [-0.2, -0.15) is 4.98 Å². The van der Waals surface area contributed by atoms with E-state index in [4.69, 9.17) is 0 Å². The SMILES string of the molecule is CC1CCCN(c2ccnc(NC(C)(C)C)n2)C1. The van der Waals surface area contributed by atoms with E-state index in [-0.39, 0.29) is 5.54 Å². The van der Waals surface area contributed by atoms with Gasteiger partial charge in [0.2, 0.25) is 5.95 Å². The van der Waals surface area contributed by atoms with Crippen LogP contribution in [-0.2, 0) is 0 Å². The Labute approximate surface area is 110 Å². The number of nitrogens with one attached hydrogen (secondary N) is 1. The molecule has 0 saturated carbocycles. The lowest BCUT2D eigenvalue weighted by atomic mass is 10.0. The fourth-order valence-corrected chi connectivity index (χ4v) is 2.32. The lowest BCUT2D eigenvalue weighted by molar-refractivity contribution is 0.444. The molecular weight excluding hydrogens is 224 g/mol. The molecule has 1 N–H and O–H groups in total. The van der Waals surface area contributed by atoms with Crippen molar-refractivity contribution in [3.8, 4) is 0 Å². The summed E-state index contributed by atoms with van der Waals surface area (Å²) < 4.78 is 0. The van der Waals surface area contributed by atoms with Gasteiger partial charge in [-0.05, 0) is 45.6 Å². The topological polar surface area (TPSA) is 41.1 Å². The lowest BCUT2D eigenvalue weighted by Crippen LogP contribution is -2.35. The molecule has 4 heteroatoms. The van der Waals surface area contributed by atoms with Crippen LogP contribution in [0.15, 0.2) is 12.3 Å². The number of hydrogen-bond donors (Lipinski definition) is 1. The summed E-state index contributed by atoms with van der Waals surface area (Å²) in [5, 5.41) is 3.32. The fourth-order valence-electron chi connectivity index (χ4n) is 2.32. The predicted octanol–water partition coefficient (Wildman–Crippen LogP) is 2.92. The Morgan fingerprint density at radius 2 is 2.17 bits per heavy atom. The maximum atomic E-state index is 4.62. The van der Waals surface area contributed by atoms with Gasteiger partial charge in [0.05, 0.1) is 0 Å². The summed E-state index contributed by atoms with van der Waals surface area (Å²) in [6, 6.07) is 2.01. The Hall–Kier alpha value is -1.32. The van der Waals surface area contributed by atoms with Crippen LogP contribution in [0.1, 0.15) is 40.5 Å². The van der Waals surface area contributed by atoms with Gasteiger partial charge in [0, 0.05) is 24.8 Å². The smallest absolute Gasteiger partial charge is 0.225 e. The monoisotopic (exact) mass is 248 g/mol.